The zero-order chi connectivity index (χ0) is 26.1. The summed E-state index contributed by atoms with van der Waals surface area (Å²) < 4.78 is 25.1. The number of aromatic nitrogens is 1. The van der Waals surface area contributed by atoms with Crippen LogP contribution in [0.3, 0.4) is 0 Å². The maximum atomic E-state index is 13.1. The van der Waals surface area contributed by atoms with E-state index in [1.807, 2.05) is 24.3 Å². The smallest absolute Gasteiger partial charge is 0.249 e. The number of hydrogen-bond acceptors (Lipinski definition) is 6. The van der Waals surface area contributed by atoms with E-state index in [0.29, 0.717) is 53.0 Å². The highest BCUT2D eigenvalue weighted by Crippen LogP contribution is 2.48. The molecular formula is C29H21FN4O4. The van der Waals surface area contributed by atoms with Crippen LogP contribution in [0.5, 0.6) is 23.1 Å². The summed E-state index contributed by atoms with van der Waals surface area (Å²) in [7, 11) is 0. The number of aliphatic imine (C=N–C) groups is 1. The molecule has 1 saturated carbocycles. The Hall–Kier alpha value is -5.05. The van der Waals surface area contributed by atoms with Crippen LogP contribution >= 0.6 is 0 Å². The lowest BCUT2D eigenvalue weighted by molar-refractivity contribution is -0.131. The first kappa shape index (κ1) is 23.4. The second-order valence-electron chi connectivity index (χ2n) is 8.98. The van der Waals surface area contributed by atoms with Crippen molar-refractivity contribution in [3.63, 3.8) is 0 Å². The molecule has 6 rings (SSSR count). The van der Waals surface area contributed by atoms with Crippen LogP contribution in [0.2, 0.25) is 0 Å². The first-order valence-corrected chi connectivity index (χ1v) is 12.0. The number of carbonyl (C=O) groups excluding carboxylic acids is 2. The number of benzene rings is 3. The van der Waals surface area contributed by atoms with Crippen molar-refractivity contribution in [2.75, 3.05) is 10.6 Å². The van der Waals surface area contributed by atoms with Gasteiger partial charge < -0.3 is 20.1 Å². The molecule has 188 valence electrons. The van der Waals surface area contributed by atoms with E-state index in [1.165, 1.54) is 24.3 Å². The summed E-state index contributed by atoms with van der Waals surface area (Å²) in [6.07, 6.45) is 4.16. The summed E-state index contributed by atoms with van der Waals surface area (Å²) in [4.78, 5) is 34.5. The molecule has 1 fully saturated rings. The van der Waals surface area contributed by atoms with Crippen LogP contribution in [-0.4, -0.2) is 23.0 Å². The van der Waals surface area contributed by atoms with Crippen molar-refractivity contribution in [2.24, 2.45) is 10.4 Å². The number of halogens is 1. The van der Waals surface area contributed by atoms with Gasteiger partial charge in [0.05, 0.1) is 0 Å². The number of fused-ring (bicyclic) bond motifs is 2. The molecule has 4 aromatic rings. The van der Waals surface area contributed by atoms with E-state index in [0.717, 1.165) is 5.56 Å². The second kappa shape index (κ2) is 9.44. The van der Waals surface area contributed by atoms with Gasteiger partial charge in [-0.05, 0) is 73.5 Å². The average molecular weight is 509 g/mol. The third-order valence-electron chi connectivity index (χ3n) is 6.37. The third kappa shape index (κ3) is 4.57. The number of pyridine rings is 1. The third-order valence-corrected chi connectivity index (χ3v) is 6.37. The van der Waals surface area contributed by atoms with Crippen molar-refractivity contribution in [1.29, 1.82) is 0 Å². The Balaban J connectivity index is 1.13. The van der Waals surface area contributed by atoms with Gasteiger partial charge in [0.25, 0.3) is 0 Å². The molecule has 0 saturated heterocycles. The number of para-hydroxylation sites is 1. The van der Waals surface area contributed by atoms with Gasteiger partial charge in [0.2, 0.25) is 17.7 Å². The minimum absolute atomic E-state index is 0.334. The molecule has 38 heavy (non-hydrogen) atoms. The highest BCUT2D eigenvalue weighted by Gasteiger charge is 2.56. The van der Waals surface area contributed by atoms with Crippen LogP contribution in [0.15, 0.2) is 90.1 Å². The lowest BCUT2D eigenvalue weighted by atomic mass is 10.0. The summed E-state index contributed by atoms with van der Waals surface area (Å²) in [6.45, 7) is 0. The number of amides is 2. The Bertz CT molecular complexity index is 1560. The van der Waals surface area contributed by atoms with E-state index in [-0.39, 0.29) is 0 Å². The molecule has 0 spiro atoms. The van der Waals surface area contributed by atoms with Crippen LogP contribution in [0.4, 0.5) is 21.5 Å². The van der Waals surface area contributed by atoms with Gasteiger partial charge in [-0.2, -0.15) is 0 Å². The molecule has 2 aliphatic rings. The van der Waals surface area contributed by atoms with Crippen molar-refractivity contribution < 1.29 is 23.5 Å². The fourth-order valence-corrected chi connectivity index (χ4v) is 4.06. The number of ether oxygens (including phenoxy) is 2. The molecule has 1 aromatic heterocycles. The van der Waals surface area contributed by atoms with Gasteiger partial charge in [-0.3, -0.25) is 9.59 Å². The largest absolute Gasteiger partial charge is 0.455 e. The lowest BCUT2D eigenvalue weighted by Crippen LogP contribution is -2.35. The summed E-state index contributed by atoms with van der Waals surface area (Å²) in [5.74, 6) is 0.760. The van der Waals surface area contributed by atoms with Gasteiger partial charge in [-0.1, -0.05) is 12.1 Å². The fourth-order valence-electron chi connectivity index (χ4n) is 4.06. The SMILES string of the molecule is O=C(Nc1ccc(F)cc1)C1(C(=O)Nc2ccc(Oc3ccnc4c3N=Cc3ccccc3O4)cc2)CC1. The minimum atomic E-state index is -1.15. The Morgan fingerprint density at radius 1 is 0.868 bits per heavy atom. The number of carbonyl (C=O) groups is 2. The molecule has 2 amide bonds. The Morgan fingerprint density at radius 3 is 2.21 bits per heavy atom. The summed E-state index contributed by atoms with van der Waals surface area (Å²) in [5, 5.41) is 5.51. The predicted molar refractivity (Wildman–Crippen MR) is 140 cm³/mol. The molecular weight excluding hydrogens is 487 g/mol. The van der Waals surface area contributed by atoms with Crippen LogP contribution < -0.4 is 20.1 Å². The van der Waals surface area contributed by atoms with Crippen molar-refractivity contribution in [2.45, 2.75) is 12.8 Å². The van der Waals surface area contributed by atoms with Crippen LogP contribution in [0.1, 0.15) is 18.4 Å². The standard InChI is InChI=1S/C29H21FN4O4/c30-19-5-7-20(8-6-19)33-27(35)29(14-15-29)28(36)34-21-9-11-22(12-10-21)37-24-13-16-31-26-25(24)32-17-18-3-1-2-4-23(18)38-26/h1-13,16-17H,14-15H2,(H,33,35)(H,34,36). The second-order valence-corrected chi connectivity index (χ2v) is 8.98. The fraction of sp³-hybridized carbons (Fsp3) is 0.103. The molecule has 2 heterocycles. The van der Waals surface area contributed by atoms with Gasteiger partial charge in [0, 0.05) is 35.4 Å². The highest BCUT2D eigenvalue weighted by atomic mass is 19.1. The maximum absolute atomic E-state index is 13.1. The van der Waals surface area contributed by atoms with Crippen molar-refractivity contribution in [3.05, 3.63) is 96.4 Å². The molecule has 3 aromatic carbocycles. The van der Waals surface area contributed by atoms with Crippen LogP contribution in [0.25, 0.3) is 0 Å². The zero-order valence-electron chi connectivity index (χ0n) is 20.0. The normalized spacial score (nSPS) is 14.2. The number of nitrogens with zero attached hydrogens (tertiary/aromatic N) is 2. The zero-order valence-corrected chi connectivity index (χ0v) is 20.0. The molecule has 1 aliphatic carbocycles. The van der Waals surface area contributed by atoms with E-state index in [4.69, 9.17) is 9.47 Å². The number of anilines is 2. The number of hydrogen-bond donors (Lipinski definition) is 2. The number of nitrogens with one attached hydrogen (secondary N) is 2. The molecule has 9 heteroatoms. The first-order chi connectivity index (χ1) is 18.5. The average Bonchev–Trinajstić information content (AvgIpc) is 3.75. The van der Waals surface area contributed by atoms with Gasteiger partial charge in [0.1, 0.15) is 22.7 Å². The van der Waals surface area contributed by atoms with E-state index in [1.54, 1.807) is 42.7 Å². The first-order valence-electron chi connectivity index (χ1n) is 12.0. The van der Waals surface area contributed by atoms with Crippen LogP contribution in [0, 0.1) is 11.2 Å². The molecule has 2 N–H and O–H groups in total. The Morgan fingerprint density at radius 2 is 1.53 bits per heavy atom. The monoisotopic (exact) mass is 508 g/mol. The van der Waals surface area contributed by atoms with E-state index in [2.05, 4.69) is 20.6 Å². The molecule has 0 bridgehead atoms. The lowest BCUT2D eigenvalue weighted by Gasteiger charge is -2.16. The van der Waals surface area contributed by atoms with Crippen LogP contribution in [-0.2, 0) is 9.59 Å². The summed E-state index contributed by atoms with van der Waals surface area (Å²) >= 11 is 0. The highest BCUT2D eigenvalue weighted by molar-refractivity contribution is 6.16. The van der Waals surface area contributed by atoms with E-state index in [9.17, 15) is 14.0 Å². The summed E-state index contributed by atoms with van der Waals surface area (Å²) in [6, 6.07) is 21.4. The van der Waals surface area contributed by atoms with Gasteiger partial charge in [-0.15, -0.1) is 0 Å². The Kier molecular flexibility index (Phi) is 5.80. The summed E-state index contributed by atoms with van der Waals surface area (Å²) in [5.41, 5.74) is 1.10. The van der Waals surface area contributed by atoms with Gasteiger partial charge in [0.15, 0.2) is 11.4 Å². The van der Waals surface area contributed by atoms with Crippen molar-refractivity contribution in [1.82, 2.24) is 4.98 Å². The minimum Gasteiger partial charge on any atom is -0.455 e. The van der Waals surface area contributed by atoms with E-state index >= 15 is 0 Å². The van der Waals surface area contributed by atoms with Crippen molar-refractivity contribution in [3.8, 4) is 23.1 Å². The molecule has 0 atom stereocenters. The molecule has 1 aliphatic heterocycles. The topological polar surface area (TPSA) is 102 Å². The van der Waals surface area contributed by atoms with Crippen molar-refractivity contribution >= 4 is 35.1 Å². The molecule has 0 radical (unpaired) electrons. The van der Waals surface area contributed by atoms with E-state index < -0.39 is 23.0 Å². The van der Waals surface area contributed by atoms with Gasteiger partial charge >= 0.3 is 0 Å². The predicted octanol–water partition coefficient (Wildman–Crippen LogP) is 6.23. The Labute approximate surface area is 217 Å². The maximum Gasteiger partial charge on any atom is 0.249 e. The van der Waals surface area contributed by atoms with Gasteiger partial charge in [-0.25, -0.2) is 14.4 Å². The molecule has 0 unspecified atom stereocenters. The quantitative estimate of drug-likeness (QED) is 0.265. The number of rotatable bonds is 6. The molecule has 8 nitrogen and oxygen atoms in total.